The Kier molecular flexibility index (Phi) is 3.77. The molecule has 1 amide bonds. The number of hydrogen-bond acceptors (Lipinski definition) is 4. The van der Waals surface area contributed by atoms with Gasteiger partial charge in [-0.2, -0.15) is 0 Å². The Bertz CT molecular complexity index is 413. The van der Waals surface area contributed by atoms with Crippen molar-refractivity contribution in [3.05, 3.63) is 12.4 Å². The number of rotatable bonds is 3. The number of carbonyl (C=O) groups excluding carboxylic acids is 1. The summed E-state index contributed by atoms with van der Waals surface area (Å²) in [6, 6.07) is 0.0603. The fourth-order valence-electron chi connectivity index (χ4n) is 3.12. The molecule has 1 aromatic heterocycles. The van der Waals surface area contributed by atoms with Gasteiger partial charge in [0.2, 0.25) is 5.91 Å². The smallest absolute Gasteiger partial charge is 0.239 e. The van der Waals surface area contributed by atoms with Gasteiger partial charge in [-0.25, -0.2) is 0 Å². The molecule has 2 aliphatic heterocycles. The molecular formula is C13H21N5O. The zero-order chi connectivity index (χ0) is 13.1. The highest BCUT2D eigenvalue weighted by Crippen LogP contribution is 2.20. The molecule has 0 spiro atoms. The van der Waals surface area contributed by atoms with Crippen LogP contribution in [0.1, 0.15) is 25.7 Å². The van der Waals surface area contributed by atoms with Gasteiger partial charge in [0.25, 0.3) is 0 Å². The summed E-state index contributed by atoms with van der Waals surface area (Å²) in [4.78, 5) is 14.4. The first kappa shape index (κ1) is 12.6. The van der Waals surface area contributed by atoms with Gasteiger partial charge in [0.05, 0.1) is 12.2 Å². The van der Waals surface area contributed by atoms with Crippen molar-refractivity contribution >= 4 is 5.91 Å². The minimum Gasteiger partial charge on any atom is -0.341 e. The number of piperidine rings is 1. The van der Waals surface area contributed by atoms with Crippen molar-refractivity contribution in [2.24, 2.45) is 5.92 Å². The third-order valence-electron chi connectivity index (χ3n) is 4.11. The largest absolute Gasteiger partial charge is 0.341 e. The van der Waals surface area contributed by atoms with Gasteiger partial charge in [0, 0.05) is 25.8 Å². The summed E-state index contributed by atoms with van der Waals surface area (Å²) in [7, 11) is 0. The van der Waals surface area contributed by atoms with Gasteiger partial charge in [-0.1, -0.05) is 5.21 Å². The number of aromatic nitrogens is 3. The zero-order valence-electron chi connectivity index (χ0n) is 11.2. The first-order valence-electron chi connectivity index (χ1n) is 7.19. The molecule has 2 saturated heterocycles. The van der Waals surface area contributed by atoms with E-state index in [0.717, 1.165) is 45.4 Å². The predicted molar refractivity (Wildman–Crippen MR) is 70.4 cm³/mol. The predicted octanol–water partition coefficient (Wildman–Crippen LogP) is 0.269. The molecular weight excluding hydrogens is 242 g/mol. The minimum absolute atomic E-state index is 0.0603. The molecule has 1 aromatic rings. The highest BCUT2D eigenvalue weighted by atomic mass is 16.2. The fourth-order valence-corrected chi connectivity index (χ4v) is 3.12. The molecule has 0 saturated carbocycles. The Labute approximate surface area is 113 Å². The van der Waals surface area contributed by atoms with E-state index in [2.05, 4.69) is 15.6 Å². The van der Waals surface area contributed by atoms with E-state index in [1.54, 1.807) is 6.20 Å². The fraction of sp³-hybridized carbons (Fsp3) is 0.769. The first-order chi connectivity index (χ1) is 9.33. The zero-order valence-corrected chi connectivity index (χ0v) is 11.2. The van der Waals surface area contributed by atoms with Crippen molar-refractivity contribution in [2.75, 3.05) is 19.6 Å². The van der Waals surface area contributed by atoms with Crippen molar-refractivity contribution in [2.45, 2.75) is 38.3 Å². The van der Waals surface area contributed by atoms with E-state index in [-0.39, 0.29) is 6.04 Å². The molecule has 3 heterocycles. The van der Waals surface area contributed by atoms with Crippen LogP contribution in [0.3, 0.4) is 0 Å². The van der Waals surface area contributed by atoms with Gasteiger partial charge in [0.15, 0.2) is 0 Å². The molecule has 2 aliphatic rings. The van der Waals surface area contributed by atoms with Crippen LogP contribution in [0, 0.1) is 5.92 Å². The molecule has 2 unspecified atom stereocenters. The van der Waals surface area contributed by atoms with Crippen LogP contribution in [0.2, 0.25) is 0 Å². The monoisotopic (exact) mass is 263 g/mol. The number of nitrogens with zero attached hydrogens (tertiary/aromatic N) is 4. The number of carbonyl (C=O) groups is 1. The lowest BCUT2D eigenvalue weighted by atomic mass is 9.97. The van der Waals surface area contributed by atoms with Gasteiger partial charge in [0.1, 0.15) is 0 Å². The van der Waals surface area contributed by atoms with Crippen molar-refractivity contribution < 1.29 is 4.79 Å². The standard InChI is InChI=1S/C13H21N5O/c19-13(12-4-1-5-14-12)17-7-2-3-11(9-17)10-18-8-6-15-16-18/h6,8,11-12,14H,1-5,7,9-10H2. The summed E-state index contributed by atoms with van der Waals surface area (Å²) >= 11 is 0. The summed E-state index contributed by atoms with van der Waals surface area (Å²) in [6.07, 6.45) is 7.96. The maximum absolute atomic E-state index is 12.4. The lowest BCUT2D eigenvalue weighted by molar-refractivity contribution is -0.135. The number of nitrogens with one attached hydrogen (secondary N) is 1. The van der Waals surface area contributed by atoms with Crippen LogP contribution in [-0.2, 0) is 11.3 Å². The average molecular weight is 263 g/mol. The molecule has 0 aliphatic carbocycles. The van der Waals surface area contributed by atoms with Crippen LogP contribution in [0.4, 0.5) is 0 Å². The Hall–Kier alpha value is -1.43. The van der Waals surface area contributed by atoms with E-state index in [0.29, 0.717) is 11.8 Å². The van der Waals surface area contributed by atoms with E-state index in [9.17, 15) is 4.79 Å². The van der Waals surface area contributed by atoms with Gasteiger partial charge in [-0.05, 0) is 38.1 Å². The molecule has 19 heavy (non-hydrogen) atoms. The van der Waals surface area contributed by atoms with Crippen molar-refractivity contribution in [3.63, 3.8) is 0 Å². The van der Waals surface area contributed by atoms with Gasteiger partial charge < -0.3 is 10.2 Å². The van der Waals surface area contributed by atoms with Crippen LogP contribution in [0.5, 0.6) is 0 Å². The van der Waals surface area contributed by atoms with Crippen molar-refractivity contribution in [1.82, 2.24) is 25.2 Å². The Morgan fingerprint density at radius 3 is 3.05 bits per heavy atom. The normalized spacial score (nSPS) is 27.7. The van der Waals surface area contributed by atoms with Crippen LogP contribution in [0.25, 0.3) is 0 Å². The number of amides is 1. The second kappa shape index (κ2) is 5.69. The molecule has 2 fully saturated rings. The summed E-state index contributed by atoms with van der Waals surface area (Å²) < 4.78 is 1.87. The van der Waals surface area contributed by atoms with E-state index >= 15 is 0 Å². The number of likely N-dealkylation sites (tertiary alicyclic amines) is 1. The first-order valence-corrected chi connectivity index (χ1v) is 7.19. The molecule has 0 aromatic carbocycles. The number of hydrogen-bond donors (Lipinski definition) is 1. The van der Waals surface area contributed by atoms with Crippen molar-refractivity contribution in [1.29, 1.82) is 0 Å². The maximum atomic E-state index is 12.4. The Morgan fingerprint density at radius 1 is 1.37 bits per heavy atom. The molecule has 104 valence electrons. The lowest BCUT2D eigenvalue weighted by Gasteiger charge is -2.34. The maximum Gasteiger partial charge on any atom is 0.239 e. The second-order valence-corrected chi connectivity index (χ2v) is 5.57. The van der Waals surface area contributed by atoms with E-state index in [4.69, 9.17) is 0 Å². The highest BCUT2D eigenvalue weighted by molar-refractivity contribution is 5.82. The van der Waals surface area contributed by atoms with Gasteiger partial charge >= 0.3 is 0 Å². The molecule has 0 radical (unpaired) electrons. The second-order valence-electron chi connectivity index (χ2n) is 5.57. The summed E-state index contributed by atoms with van der Waals surface area (Å²) in [6.45, 7) is 3.61. The lowest BCUT2D eigenvalue weighted by Crippen LogP contribution is -2.48. The molecule has 6 nitrogen and oxygen atoms in total. The summed E-state index contributed by atoms with van der Waals surface area (Å²) in [5.74, 6) is 0.793. The Morgan fingerprint density at radius 2 is 2.32 bits per heavy atom. The van der Waals surface area contributed by atoms with E-state index < -0.39 is 0 Å². The third kappa shape index (κ3) is 2.94. The topological polar surface area (TPSA) is 63.1 Å². The molecule has 2 atom stereocenters. The summed E-state index contributed by atoms with van der Waals surface area (Å²) in [5, 5.41) is 11.1. The molecule has 0 bridgehead atoms. The van der Waals surface area contributed by atoms with Crippen LogP contribution in [-0.4, -0.2) is 51.5 Å². The third-order valence-corrected chi connectivity index (χ3v) is 4.11. The molecule has 3 rings (SSSR count). The Balaban J connectivity index is 1.56. The van der Waals surface area contributed by atoms with E-state index in [1.807, 2.05) is 15.8 Å². The average Bonchev–Trinajstić information content (AvgIpc) is 3.11. The van der Waals surface area contributed by atoms with Crippen LogP contribution >= 0.6 is 0 Å². The highest BCUT2D eigenvalue weighted by Gasteiger charge is 2.30. The van der Waals surface area contributed by atoms with Crippen LogP contribution < -0.4 is 5.32 Å². The van der Waals surface area contributed by atoms with Gasteiger partial charge in [-0.3, -0.25) is 9.48 Å². The van der Waals surface area contributed by atoms with Crippen LogP contribution in [0.15, 0.2) is 12.4 Å². The van der Waals surface area contributed by atoms with Crippen molar-refractivity contribution in [3.8, 4) is 0 Å². The molecule has 1 N–H and O–H groups in total. The SMILES string of the molecule is O=C(C1CCCN1)N1CCCC(Cn2ccnn2)C1. The van der Waals surface area contributed by atoms with Gasteiger partial charge in [-0.15, -0.1) is 5.10 Å². The minimum atomic E-state index is 0.0603. The summed E-state index contributed by atoms with van der Waals surface area (Å²) in [5.41, 5.74) is 0. The molecule has 6 heteroatoms. The quantitative estimate of drug-likeness (QED) is 0.850. The van der Waals surface area contributed by atoms with E-state index in [1.165, 1.54) is 6.42 Å².